The fourth-order valence-electron chi connectivity index (χ4n) is 8.82. The lowest BCUT2D eigenvalue weighted by atomic mass is 9.91. The predicted molar refractivity (Wildman–Crippen MR) is 258 cm³/mol. The third kappa shape index (κ3) is 7.83. The quantitative estimate of drug-likeness (QED) is 0.172. The van der Waals surface area contributed by atoms with Gasteiger partial charge in [0, 0.05) is 22.7 Å². The van der Waals surface area contributed by atoms with Crippen molar-refractivity contribution in [2.24, 2.45) is 0 Å². The molecule has 1 aliphatic heterocycles. The second-order valence-electron chi connectivity index (χ2n) is 15.8. The molecule has 9 aromatic rings. The Hall–Kier alpha value is -7.22. The van der Waals surface area contributed by atoms with Gasteiger partial charge in [-0.2, -0.15) is 0 Å². The number of rotatable bonds is 4. The monoisotopic (exact) mass is 771 g/mol. The van der Waals surface area contributed by atoms with Crippen LogP contribution in [0.3, 0.4) is 0 Å². The number of hydrogen-bond acceptors (Lipinski definition) is 1. The lowest BCUT2D eigenvalue weighted by Crippen LogP contribution is -2.16. The molecule has 0 saturated carbocycles. The predicted octanol–water partition coefficient (Wildman–Crippen LogP) is 16.4. The largest absolute Gasteiger partial charge is 0.312 e. The van der Waals surface area contributed by atoms with Gasteiger partial charge in [0.25, 0.3) is 0 Å². The van der Waals surface area contributed by atoms with E-state index in [1.165, 1.54) is 94.3 Å². The van der Waals surface area contributed by atoms with Crippen LogP contribution in [0.5, 0.6) is 0 Å². The van der Waals surface area contributed by atoms with Gasteiger partial charge in [-0.15, -0.1) is 0 Å². The zero-order valence-corrected chi connectivity index (χ0v) is 34.6. The van der Waals surface area contributed by atoms with Gasteiger partial charge in [-0.3, -0.25) is 0 Å². The highest BCUT2D eigenvalue weighted by atomic mass is 15.2. The van der Waals surface area contributed by atoms with E-state index in [9.17, 15) is 0 Å². The van der Waals surface area contributed by atoms with E-state index in [-0.39, 0.29) is 0 Å². The summed E-state index contributed by atoms with van der Waals surface area (Å²) in [5, 5.41) is 5.37. The first-order chi connectivity index (χ1) is 29.5. The Bertz CT molecular complexity index is 2840. The van der Waals surface area contributed by atoms with E-state index in [0.717, 1.165) is 6.42 Å². The van der Waals surface area contributed by atoms with Crippen molar-refractivity contribution in [3.05, 3.63) is 252 Å². The Balaban J connectivity index is 0.000000169. The minimum absolute atomic E-state index is 0.356. The van der Waals surface area contributed by atoms with Crippen LogP contribution in [-0.4, -0.2) is 0 Å². The Kier molecular flexibility index (Phi) is 11.1. The number of allylic oxidation sites excluding steroid dienone is 4. The maximum Gasteiger partial charge on any atom is 0.0615 e. The highest BCUT2D eigenvalue weighted by Gasteiger charge is 2.37. The molecular weight excluding hydrogens is 723 g/mol. The van der Waals surface area contributed by atoms with Crippen LogP contribution in [-0.2, 0) is 0 Å². The first kappa shape index (κ1) is 38.3. The van der Waals surface area contributed by atoms with Crippen molar-refractivity contribution < 1.29 is 0 Å². The average Bonchev–Trinajstić information content (AvgIpc) is 3.63. The molecule has 1 nitrogen and oxygen atoms in total. The van der Waals surface area contributed by atoms with Crippen molar-refractivity contribution in [1.29, 1.82) is 0 Å². The van der Waals surface area contributed by atoms with E-state index in [1.807, 2.05) is 0 Å². The lowest BCUT2D eigenvalue weighted by Gasteiger charge is -2.29. The van der Waals surface area contributed by atoms with Crippen LogP contribution < -0.4 is 4.90 Å². The molecule has 1 aliphatic carbocycles. The van der Waals surface area contributed by atoms with Crippen molar-refractivity contribution in [2.75, 3.05) is 4.90 Å². The number of benzene rings is 9. The zero-order valence-electron chi connectivity index (χ0n) is 34.6. The van der Waals surface area contributed by atoms with Crippen LogP contribution in [0.2, 0.25) is 0 Å². The molecule has 0 N–H and O–H groups in total. The van der Waals surface area contributed by atoms with Gasteiger partial charge in [-0.1, -0.05) is 218 Å². The molecule has 0 spiro atoms. The van der Waals surface area contributed by atoms with Crippen molar-refractivity contribution in [2.45, 2.75) is 33.1 Å². The van der Waals surface area contributed by atoms with Gasteiger partial charge >= 0.3 is 0 Å². The van der Waals surface area contributed by atoms with E-state index in [2.05, 4.69) is 250 Å². The molecule has 1 atom stereocenters. The highest BCUT2D eigenvalue weighted by molar-refractivity contribution is 5.98. The molecule has 0 bridgehead atoms. The maximum absolute atomic E-state index is 2.55. The third-order valence-corrected chi connectivity index (χ3v) is 11.8. The molecule has 1 unspecified atom stereocenters. The molecule has 11 rings (SSSR count). The smallest absolute Gasteiger partial charge is 0.0615 e. The Labute approximate surface area is 355 Å². The van der Waals surface area contributed by atoms with Crippen molar-refractivity contribution in [1.82, 2.24) is 0 Å². The molecule has 60 heavy (non-hydrogen) atoms. The van der Waals surface area contributed by atoms with Crippen molar-refractivity contribution >= 4 is 32.9 Å². The number of hydrogen-bond donors (Lipinski definition) is 0. The summed E-state index contributed by atoms with van der Waals surface area (Å²) in [5.74, 6) is 0.356. The maximum atomic E-state index is 2.55. The summed E-state index contributed by atoms with van der Waals surface area (Å²) >= 11 is 0. The SMILES string of the molecule is Cc1cccc(-c2ccc3c(c2)N(c2c(-c4ccccc4)cccc2-c2ccccc2)C2=CC=CCC23)c1.Cc1cccc2ccccc12.Cc1cccc2ccccc12. The average molecular weight is 772 g/mol. The number of nitrogens with zero attached hydrogens (tertiary/aromatic N) is 1. The number of fused-ring (bicyclic) bond motifs is 5. The summed E-state index contributed by atoms with van der Waals surface area (Å²) in [6, 6.07) is 73.9. The summed E-state index contributed by atoms with van der Waals surface area (Å²) in [7, 11) is 0. The van der Waals surface area contributed by atoms with Crippen LogP contribution in [0, 0.1) is 20.8 Å². The van der Waals surface area contributed by atoms with Crippen LogP contribution in [0.1, 0.15) is 34.6 Å². The van der Waals surface area contributed by atoms with E-state index in [1.54, 1.807) is 0 Å². The molecule has 290 valence electrons. The minimum atomic E-state index is 0.356. The topological polar surface area (TPSA) is 3.24 Å². The molecule has 0 amide bonds. The van der Waals surface area contributed by atoms with Crippen LogP contribution in [0.25, 0.3) is 54.9 Å². The molecule has 1 heterocycles. The number of para-hydroxylation sites is 1. The lowest BCUT2D eigenvalue weighted by molar-refractivity contribution is 0.820. The fraction of sp³-hybridized carbons (Fsp3) is 0.0847. The molecule has 0 fully saturated rings. The summed E-state index contributed by atoms with van der Waals surface area (Å²) in [4.78, 5) is 2.55. The molecular formula is C59H49N. The molecule has 0 radical (unpaired) electrons. The highest BCUT2D eigenvalue weighted by Crippen LogP contribution is 2.55. The number of aryl methyl sites for hydroxylation is 3. The van der Waals surface area contributed by atoms with Gasteiger partial charge in [0.2, 0.25) is 0 Å². The standard InChI is InChI=1S/C37H29N.2C11H10/c1-26-12-10-17-29(24-26)30-22-23-34-33-18-8-9-21-35(33)38(36(34)25-30)37-31(27-13-4-2-5-14-27)19-11-20-32(37)28-15-6-3-7-16-28;2*1-9-5-4-7-10-6-2-3-8-11(9)10/h2-17,19-25,33H,18H2,1H3;2*2-8H,1H3. The Morgan fingerprint density at radius 3 is 1.52 bits per heavy atom. The van der Waals surface area contributed by atoms with E-state index in [4.69, 9.17) is 0 Å². The van der Waals surface area contributed by atoms with E-state index < -0.39 is 0 Å². The van der Waals surface area contributed by atoms with Gasteiger partial charge in [-0.25, -0.2) is 0 Å². The van der Waals surface area contributed by atoms with Crippen molar-refractivity contribution in [3.63, 3.8) is 0 Å². The van der Waals surface area contributed by atoms with Gasteiger partial charge in [0.05, 0.1) is 11.4 Å². The van der Waals surface area contributed by atoms with E-state index >= 15 is 0 Å². The first-order valence-corrected chi connectivity index (χ1v) is 21.0. The van der Waals surface area contributed by atoms with Crippen LogP contribution in [0.4, 0.5) is 11.4 Å². The number of anilines is 2. The van der Waals surface area contributed by atoms with Crippen LogP contribution in [0.15, 0.2) is 230 Å². The third-order valence-electron chi connectivity index (χ3n) is 11.8. The Morgan fingerprint density at radius 1 is 0.433 bits per heavy atom. The second-order valence-corrected chi connectivity index (χ2v) is 15.8. The molecule has 2 aliphatic rings. The summed E-state index contributed by atoms with van der Waals surface area (Å²) in [5.41, 5.74) is 16.7. The normalized spacial score (nSPS) is 13.7. The zero-order chi connectivity index (χ0) is 40.8. The van der Waals surface area contributed by atoms with Gasteiger partial charge in [0.15, 0.2) is 0 Å². The Morgan fingerprint density at radius 2 is 0.933 bits per heavy atom. The summed E-state index contributed by atoms with van der Waals surface area (Å²) in [6.07, 6.45) is 7.86. The minimum Gasteiger partial charge on any atom is -0.312 e. The molecule has 0 aromatic heterocycles. The van der Waals surface area contributed by atoms with Gasteiger partial charge < -0.3 is 4.90 Å². The van der Waals surface area contributed by atoms with E-state index in [0.29, 0.717) is 5.92 Å². The van der Waals surface area contributed by atoms with Gasteiger partial charge in [-0.05, 0) is 99.8 Å². The van der Waals surface area contributed by atoms with Crippen molar-refractivity contribution in [3.8, 4) is 33.4 Å². The summed E-state index contributed by atoms with van der Waals surface area (Å²) < 4.78 is 0. The first-order valence-electron chi connectivity index (χ1n) is 21.0. The summed E-state index contributed by atoms with van der Waals surface area (Å²) in [6.45, 7) is 6.45. The fourth-order valence-corrected chi connectivity index (χ4v) is 8.82. The van der Waals surface area contributed by atoms with Crippen LogP contribution >= 0.6 is 0 Å². The molecule has 9 aromatic carbocycles. The molecule has 0 saturated heterocycles. The second kappa shape index (κ2) is 17.3. The van der Waals surface area contributed by atoms with Gasteiger partial charge in [0.1, 0.15) is 0 Å². The molecule has 1 heteroatoms.